The average molecular weight is 299 g/mol. The van der Waals surface area contributed by atoms with Crippen LogP contribution in [0.4, 0.5) is 17.6 Å². The molecule has 3 N–H and O–H groups in total. The van der Waals surface area contributed by atoms with Gasteiger partial charge in [0.2, 0.25) is 0 Å². The summed E-state index contributed by atoms with van der Waals surface area (Å²) >= 11 is 0. The molecule has 0 aliphatic carbocycles. The highest BCUT2D eigenvalue weighted by atomic mass is 19.4. The second-order valence-electron chi connectivity index (χ2n) is 4.08. The summed E-state index contributed by atoms with van der Waals surface area (Å²) < 4.78 is 52.8. The van der Waals surface area contributed by atoms with Gasteiger partial charge < -0.3 is 10.9 Å². The van der Waals surface area contributed by atoms with Gasteiger partial charge in [-0.25, -0.2) is 4.39 Å². The maximum atomic E-state index is 13.8. The largest absolute Gasteiger partial charge is 0.417 e. The molecule has 21 heavy (non-hydrogen) atoms. The van der Waals surface area contributed by atoms with Crippen molar-refractivity contribution in [2.45, 2.75) is 6.18 Å². The van der Waals surface area contributed by atoms with Crippen molar-refractivity contribution in [3.63, 3.8) is 0 Å². The maximum absolute atomic E-state index is 13.8. The van der Waals surface area contributed by atoms with E-state index in [0.717, 1.165) is 30.5 Å². The van der Waals surface area contributed by atoms with E-state index in [4.69, 9.17) is 10.9 Å². The van der Waals surface area contributed by atoms with Gasteiger partial charge in [-0.15, -0.1) is 0 Å². The first-order chi connectivity index (χ1) is 9.84. The van der Waals surface area contributed by atoms with Gasteiger partial charge in [-0.1, -0.05) is 11.2 Å². The molecule has 0 fully saturated rings. The van der Waals surface area contributed by atoms with Gasteiger partial charge in [0.05, 0.1) is 5.56 Å². The fourth-order valence-corrected chi connectivity index (χ4v) is 1.83. The van der Waals surface area contributed by atoms with E-state index in [2.05, 4.69) is 10.1 Å². The minimum absolute atomic E-state index is 0.0635. The lowest BCUT2D eigenvalue weighted by Gasteiger charge is -2.14. The lowest BCUT2D eigenvalue weighted by Crippen LogP contribution is -2.15. The zero-order valence-electron chi connectivity index (χ0n) is 10.4. The van der Waals surface area contributed by atoms with Gasteiger partial charge in [0.15, 0.2) is 5.84 Å². The molecule has 0 unspecified atom stereocenters. The Hall–Kier alpha value is -2.64. The highest BCUT2D eigenvalue weighted by molar-refractivity contribution is 5.96. The van der Waals surface area contributed by atoms with Crippen LogP contribution >= 0.6 is 0 Å². The van der Waals surface area contributed by atoms with Crippen LogP contribution in [0.1, 0.15) is 11.3 Å². The monoisotopic (exact) mass is 299 g/mol. The molecule has 0 spiro atoms. The molecule has 0 saturated carbocycles. The third-order valence-electron chi connectivity index (χ3n) is 2.74. The van der Waals surface area contributed by atoms with Crippen LogP contribution in [-0.4, -0.2) is 16.0 Å². The molecule has 0 amide bonds. The Morgan fingerprint density at radius 1 is 1.24 bits per heavy atom. The number of benzene rings is 1. The quantitative estimate of drug-likeness (QED) is 0.294. The van der Waals surface area contributed by atoms with Gasteiger partial charge in [-0.05, 0) is 29.8 Å². The van der Waals surface area contributed by atoms with Crippen molar-refractivity contribution in [3.05, 3.63) is 53.6 Å². The Balaban J connectivity index is 2.68. The minimum atomic E-state index is -4.71. The molecular formula is C13H9F4N3O. The van der Waals surface area contributed by atoms with Crippen molar-refractivity contribution in [1.82, 2.24) is 4.98 Å². The molecule has 0 aliphatic heterocycles. The first-order valence-electron chi connectivity index (χ1n) is 5.64. The number of amidine groups is 1. The van der Waals surface area contributed by atoms with Crippen LogP contribution in [0.5, 0.6) is 0 Å². The summed E-state index contributed by atoms with van der Waals surface area (Å²) in [6.45, 7) is 0. The fraction of sp³-hybridized carbons (Fsp3) is 0.0769. The Kier molecular flexibility index (Phi) is 3.79. The number of aromatic nitrogens is 1. The Morgan fingerprint density at radius 2 is 1.95 bits per heavy atom. The molecule has 8 heteroatoms. The Bertz CT molecular complexity index is 698. The van der Waals surface area contributed by atoms with E-state index in [0.29, 0.717) is 0 Å². The van der Waals surface area contributed by atoms with Gasteiger partial charge in [0, 0.05) is 11.8 Å². The number of nitrogens with two attached hydrogens (primary N) is 1. The van der Waals surface area contributed by atoms with Crippen LogP contribution in [0.3, 0.4) is 0 Å². The first kappa shape index (κ1) is 14.8. The normalized spacial score (nSPS) is 12.5. The predicted molar refractivity (Wildman–Crippen MR) is 67.1 cm³/mol. The van der Waals surface area contributed by atoms with E-state index in [9.17, 15) is 17.6 Å². The second kappa shape index (κ2) is 5.39. The van der Waals surface area contributed by atoms with Crippen molar-refractivity contribution in [2.75, 3.05) is 0 Å². The molecule has 110 valence electrons. The van der Waals surface area contributed by atoms with Crippen molar-refractivity contribution < 1.29 is 22.8 Å². The summed E-state index contributed by atoms with van der Waals surface area (Å²) in [5, 5.41) is 11.3. The molecule has 2 rings (SSSR count). The summed E-state index contributed by atoms with van der Waals surface area (Å²) in [7, 11) is 0. The average Bonchev–Trinajstić information content (AvgIpc) is 2.45. The molecule has 0 atom stereocenters. The van der Waals surface area contributed by atoms with Crippen LogP contribution in [0.2, 0.25) is 0 Å². The van der Waals surface area contributed by atoms with Crippen LogP contribution in [0.15, 0.2) is 41.7 Å². The number of alkyl halides is 3. The van der Waals surface area contributed by atoms with E-state index in [1.54, 1.807) is 0 Å². The number of pyridine rings is 1. The summed E-state index contributed by atoms with van der Waals surface area (Å²) in [5.74, 6) is -1.41. The molecule has 4 nitrogen and oxygen atoms in total. The number of halogens is 4. The smallest absolute Gasteiger partial charge is 0.409 e. The highest BCUT2D eigenvalue weighted by Crippen LogP contribution is 2.38. The topological polar surface area (TPSA) is 71.5 Å². The van der Waals surface area contributed by atoms with Gasteiger partial charge in [-0.2, -0.15) is 13.2 Å². The van der Waals surface area contributed by atoms with Crippen LogP contribution < -0.4 is 5.73 Å². The Morgan fingerprint density at radius 3 is 2.57 bits per heavy atom. The van der Waals surface area contributed by atoms with Gasteiger partial charge >= 0.3 is 6.18 Å². The van der Waals surface area contributed by atoms with E-state index in [1.807, 2.05) is 0 Å². The molecular weight excluding hydrogens is 290 g/mol. The summed E-state index contributed by atoms with van der Waals surface area (Å²) in [6.07, 6.45) is -3.56. The number of hydrogen-bond donors (Lipinski definition) is 2. The highest BCUT2D eigenvalue weighted by Gasteiger charge is 2.35. The zero-order chi connectivity index (χ0) is 15.6. The van der Waals surface area contributed by atoms with Crippen molar-refractivity contribution in [3.8, 4) is 11.1 Å². The molecule has 0 aliphatic rings. The summed E-state index contributed by atoms with van der Waals surface area (Å²) in [6, 6.07) is 5.01. The number of nitrogens with zero attached hydrogens (tertiary/aromatic N) is 2. The second-order valence-corrected chi connectivity index (χ2v) is 4.08. The molecule has 1 aromatic heterocycles. The van der Waals surface area contributed by atoms with Crippen molar-refractivity contribution in [2.24, 2.45) is 10.9 Å². The third-order valence-corrected chi connectivity index (χ3v) is 2.74. The molecule has 0 saturated heterocycles. The van der Waals surface area contributed by atoms with E-state index < -0.39 is 23.1 Å². The number of rotatable bonds is 2. The zero-order valence-corrected chi connectivity index (χ0v) is 10.4. The van der Waals surface area contributed by atoms with Crippen LogP contribution in [0, 0.1) is 5.82 Å². The van der Waals surface area contributed by atoms with Crippen molar-refractivity contribution >= 4 is 5.84 Å². The third kappa shape index (κ3) is 2.93. The van der Waals surface area contributed by atoms with Crippen LogP contribution in [0.25, 0.3) is 11.1 Å². The van der Waals surface area contributed by atoms with Crippen molar-refractivity contribution in [1.29, 1.82) is 0 Å². The lowest BCUT2D eigenvalue weighted by molar-refractivity contribution is -0.137. The maximum Gasteiger partial charge on any atom is 0.417 e. The lowest BCUT2D eigenvalue weighted by atomic mass is 9.98. The predicted octanol–water partition coefficient (Wildman–Crippen LogP) is 3.00. The van der Waals surface area contributed by atoms with E-state index >= 15 is 0 Å². The molecule has 1 heterocycles. The molecule has 2 aromatic rings. The van der Waals surface area contributed by atoms with Crippen LogP contribution in [-0.2, 0) is 6.18 Å². The van der Waals surface area contributed by atoms with Gasteiger partial charge in [0.25, 0.3) is 0 Å². The molecule has 1 aromatic carbocycles. The SMILES string of the molecule is NC(=NO)c1cc(-c2c(F)cccc2C(F)(F)F)ccn1. The molecule has 0 bridgehead atoms. The Labute approximate surface area is 116 Å². The van der Waals surface area contributed by atoms with Gasteiger partial charge in [0.1, 0.15) is 11.5 Å². The van der Waals surface area contributed by atoms with E-state index in [-0.39, 0.29) is 17.1 Å². The van der Waals surface area contributed by atoms with Gasteiger partial charge in [-0.3, -0.25) is 4.98 Å². The number of oxime groups is 1. The number of hydrogen-bond acceptors (Lipinski definition) is 3. The summed E-state index contributed by atoms with van der Waals surface area (Å²) in [4.78, 5) is 3.74. The molecule has 0 radical (unpaired) electrons. The fourth-order valence-electron chi connectivity index (χ4n) is 1.83. The summed E-state index contributed by atoms with van der Waals surface area (Å²) in [5.41, 5.74) is 3.47. The standard InChI is InChI=1S/C13H9F4N3O/c14-9-3-1-2-8(13(15,16)17)11(9)7-4-5-19-10(6-7)12(18)20-21/h1-6,21H,(H2,18,20). The first-order valence-corrected chi connectivity index (χ1v) is 5.64. The van der Waals surface area contributed by atoms with E-state index in [1.165, 1.54) is 6.07 Å². The minimum Gasteiger partial charge on any atom is -0.409 e.